The molecule has 2 saturated carbocycles. The van der Waals surface area contributed by atoms with E-state index in [-0.39, 0.29) is 5.91 Å². The van der Waals surface area contributed by atoms with Crippen molar-refractivity contribution in [3.05, 3.63) is 11.8 Å². The second-order valence-corrected chi connectivity index (χ2v) is 5.73. The van der Waals surface area contributed by atoms with E-state index in [2.05, 4.69) is 11.9 Å². The molecule has 2 bridgehead atoms. The molecule has 2 rings (SSSR count). The highest BCUT2D eigenvalue weighted by Crippen LogP contribution is 2.47. The first-order chi connectivity index (χ1) is 8.04. The Morgan fingerprint density at radius 1 is 1.18 bits per heavy atom. The molecule has 3 heteroatoms. The molecule has 1 amide bonds. The van der Waals surface area contributed by atoms with Crippen molar-refractivity contribution in [1.29, 1.82) is 0 Å². The molecule has 0 N–H and O–H groups in total. The molecule has 2 aliphatic rings. The Morgan fingerprint density at radius 2 is 1.88 bits per heavy atom. The average molecular weight is 236 g/mol. The van der Waals surface area contributed by atoms with Gasteiger partial charge in [-0.15, -0.1) is 0 Å². The van der Waals surface area contributed by atoms with Crippen molar-refractivity contribution in [2.45, 2.75) is 38.6 Å². The molecule has 0 spiro atoms. The molecule has 0 saturated heterocycles. The van der Waals surface area contributed by atoms with Crippen molar-refractivity contribution < 1.29 is 4.79 Å². The maximum Gasteiger partial charge on any atom is 0.269 e. The van der Waals surface area contributed by atoms with Crippen molar-refractivity contribution in [3.63, 3.8) is 0 Å². The third-order valence-corrected chi connectivity index (χ3v) is 4.48. The third kappa shape index (κ3) is 2.20. The first kappa shape index (κ1) is 12.5. The zero-order valence-corrected chi connectivity index (χ0v) is 11.4. The molecule has 3 atom stereocenters. The van der Waals surface area contributed by atoms with E-state index in [1.54, 1.807) is 4.90 Å². The molecule has 2 aliphatic carbocycles. The van der Waals surface area contributed by atoms with Gasteiger partial charge in [-0.05, 0) is 38.0 Å². The number of rotatable bonds is 3. The van der Waals surface area contributed by atoms with Crippen molar-refractivity contribution >= 4 is 5.91 Å². The summed E-state index contributed by atoms with van der Waals surface area (Å²) in [5.74, 6) is 1.85. The van der Waals surface area contributed by atoms with Crippen LogP contribution >= 0.6 is 0 Å². The highest BCUT2D eigenvalue weighted by atomic mass is 16.2. The number of fused-ring (bicyclic) bond motifs is 2. The Bertz CT molecular complexity index is 335. The summed E-state index contributed by atoms with van der Waals surface area (Å²) in [4.78, 5) is 16.0. The number of allylic oxidation sites excluding steroid dienone is 1. The number of carbonyl (C=O) groups excluding carboxylic acids is 1. The second kappa shape index (κ2) is 4.71. The van der Waals surface area contributed by atoms with Crippen LogP contribution in [0.15, 0.2) is 11.8 Å². The number of hydrogen-bond donors (Lipinski definition) is 0. The molecule has 0 aromatic heterocycles. The van der Waals surface area contributed by atoms with E-state index in [0.29, 0.717) is 6.04 Å². The summed E-state index contributed by atoms with van der Waals surface area (Å²) in [6.45, 7) is 1.96. The van der Waals surface area contributed by atoms with Crippen LogP contribution in [0.5, 0.6) is 0 Å². The van der Waals surface area contributed by atoms with E-state index < -0.39 is 0 Å². The van der Waals surface area contributed by atoms with Crippen LogP contribution in [0.4, 0.5) is 0 Å². The van der Waals surface area contributed by atoms with E-state index in [1.165, 1.54) is 25.7 Å². The Hall–Kier alpha value is -0.990. The van der Waals surface area contributed by atoms with E-state index in [9.17, 15) is 4.79 Å². The van der Waals surface area contributed by atoms with Gasteiger partial charge in [0.25, 0.3) is 5.91 Å². The van der Waals surface area contributed by atoms with Gasteiger partial charge in [-0.1, -0.05) is 12.5 Å². The monoisotopic (exact) mass is 236 g/mol. The largest absolute Gasteiger partial charge is 0.367 e. The lowest BCUT2D eigenvalue weighted by Gasteiger charge is -2.35. The molecule has 0 aromatic carbocycles. The standard InChI is InChI=1S/C14H24N2O/c1-5-12(14(17)15(2)3)16(4)13-9-10-6-7-11(13)8-10/h5,10-11,13H,6-9H2,1-4H3. The normalized spacial score (nSPS) is 31.8. The second-order valence-electron chi connectivity index (χ2n) is 5.73. The fourth-order valence-corrected chi connectivity index (χ4v) is 3.57. The lowest BCUT2D eigenvalue weighted by atomic mass is 9.94. The fraction of sp³-hybridized carbons (Fsp3) is 0.786. The summed E-state index contributed by atoms with van der Waals surface area (Å²) in [6, 6.07) is 0.587. The zero-order chi connectivity index (χ0) is 12.6. The minimum atomic E-state index is 0.123. The van der Waals surface area contributed by atoms with Crippen LogP contribution in [0.3, 0.4) is 0 Å². The fourth-order valence-electron chi connectivity index (χ4n) is 3.57. The van der Waals surface area contributed by atoms with Crippen LogP contribution in [0.1, 0.15) is 32.6 Å². The van der Waals surface area contributed by atoms with Gasteiger partial charge in [-0.25, -0.2) is 0 Å². The third-order valence-electron chi connectivity index (χ3n) is 4.48. The summed E-state index contributed by atoms with van der Waals surface area (Å²) in [5.41, 5.74) is 0.854. The van der Waals surface area contributed by atoms with Gasteiger partial charge >= 0.3 is 0 Å². The van der Waals surface area contributed by atoms with E-state index in [1.807, 2.05) is 27.1 Å². The van der Waals surface area contributed by atoms with Crippen molar-refractivity contribution in [3.8, 4) is 0 Å². The summed E-state index contributed by atoms with van der Waals surface area (Å²) < 4.78 is 0. The number of nitrogens with zero attached hydrogens (tertiary/aromatic N) is 2. The summed E-state index contributed by atoms with van der Waals surface area (Å²) in [7, 11) is 5.73. The van der Waals surface area contributed by atoms with Gasteiger partial charge < -0.3 is 9.80 Å². The maximum absolute atomic E-state index is 12.1. The number of carbonyl (C=O) groups is 1. The SMILES string of the molecule is CC=C(C(=O)N(C)C)N(C)C1CC2CCC1C2. The van der Waals surface area contributed by atoms with E-state index >= 15 is 0 Å². The lowest BCUT2D eigenvalue weighted by Crippen LogP contribution is -2.40. The van der Waals surface area contributed by atoms with Crippen molar-refractivity contribution in [2.24, 2.45) is 11.8 Å². The van der Waals surface area contributed by atoms with E-state index in [4.69, 9.17) is 0 Å². The number of amides is 1. The minimum absolute atomic E-state index is 0.123. The van der Waals surface area contributed by atoms with Gasteiger partial charge in [0.1, 0.15) is 0 Å². The number of hydrogen-bond acceptors (Lipinski definition) is 2. The Labute approximate surface area is 104 Å². The van der Waals surface area contributed by atoms with Crippen LogP contribution in [0.25, 0.3) is 0 Å². The van der Waals surface area contributed by atoms with E-state index in [0.717, 1.165) is 17.5 Å². The molecule has 3 unspecified atom stereocenters. The highest BCUT2D eigenvalue weighted by molar-refractivity contribution is 5.92. The van der Waals surface area contributed by atoms with Gasteiger partial charge in [-0.2, -0.15) is 0 Å². The van der Waals surface area contributed by atoms with Crippen LogP contribution in [0, 0.1) is 11.8 Å². The number of likely N-dealkylation sites (N-methyl/N-ethyl adjacent to an activating group) is 2. The Balaban J connectivity index is 2.08. The topological polar surface area (TPSA) is 23.6 Å². The molecule has 2 fully saturated rings. The average Bonchev–Trinajstić information content (AvgIpc) is 2.91. The predicted molar refractivity (Wildman–Crippen MR) is 69.5 cm³/mol. The van der Waals surface area contributed by atoms with Gasteiger partial charge in [0.05, 0.1) is 5.70 Å². The van der Waals surface area contributed by atoms with Gasteiger partial charge in [0.15, 0.2) is 0 Å². The molecular formula is C14H24N2O. The Kier molecular flexibility index (Phi) is 3.45. The smallest absolute Gasteiger partial charge is 0.269 e. The van der Waals surface area contributed by atoms with Crippen LogP contribution in [0.2, 0.25) is 0 Å². The molecular weight excluding hydrogens is 212 g/mol. The molecule has 0 heterocycles. The van der Waals surface area contributed by atoms with Gasteiger partial charge in [0.2, 0.25) is 0 Å². The summed E-state index contributed by atoms with van der Waals surface area (Å²) in [5, 5.41) is 0. The Morgan fingerprint density at radius 3 is 2.29 bits per heavy atom. The maximum atomic E-state index is 12.1. The van der Waals surface area contributed by atoms with Crippen LogP contribution < -0.4 is 0 Å². The summed E-state index contributed by atoms with van der Waals surface area (Å²) >= 11 is 0. The lowest BCUT2D eigenvalue weighted by molar-refractivity contribution is -0.126. The molecule has 3 nitrogen and oxygen atoms in total. The summed E-state index contributed by atoms with van der Waals surface area (Å²) in [6.07, 6.45) is 7.37. The molecule has 0 radical (unpaired) electrons. The molecule has 96 valence electrons. The molecule has 0 aromatic rings. The van der Waals surface area contributed by atoms with Crippen molar-refractivity contribution in [2.75, 3.05) is 21.1 Å². The predicted octanol–water partition coefficient (Wildman–Crippen LogP) is 2.10. The first-order valence-corrected chi connectivity index (χ1v) is 6.65. The van der Waals surface area contributed by atoms with Gasteiger partial charge in [0, 0.05) is 27.2 Å². The first-order valence-electron chi connectivity index (χ1n) is 6.65. The quantitative estimate of drug-likeness (QED) is 0.701. The van der Waals surface area contributed by atoms with Gasteiger partial charge in [-0.3, -0.25) is 4.79 Å². The molecule has 0 aliphatic heterocycles. The highest BCUT2D eigenvalue weighted by Gasteiger charge is 2.42. The zero-order valence-electron chi connectivity index (χ0n) is 11.4. The minimum Gasteiger partial charge on any atom is -0.367 e. The van der Waals surface area contributed by atoms with Crippen molar-refractivity contribution in [1.82, 2.24) is 9.80 Å². The van der Waals surface area contributed by atoms with Crippen LogP contribution in [-0.2, 0) is 4.79 Å². The molecule has 17 heavy (non-hydrogen) atoms. The van der Waals surface area contributed by atoms with Crippen LogP contribution in [-0.4, -0.2) is 42.9 Å².